The smallest absolute Gasteiger partial charge is 0.101 e. The molecule has 0 bridgehead atoms. The molecule has 0 aliphatic heterocycles. The summed E-state index contributed by atoms with van der Waals surface area (Å²) in [5, 5.41) is 9.23. The lowest BCUT2D eigenvalue weighted by atomic mass is 10.0. The second-order valence-electron chi connectivity index (χ2n) is 2.48. The fourth-order valence-corrected chi connectivity index (χ4v) is 1.17. The minimum absolute atomic E-state index is 0.538. The van der Waals surface area contributed by atoms with Gasteiger partial charge >= 0.3 is 0 Å². The Balaban J connectivity index is 3.44. The van der Waals surface area contributed by atoms with Crippen molar-refractivity contribution < 1.29 is 0 Å². The maximum atomic E-state index is 8.69. The molecular weight excluding hydrogens is 158 g/mol. The van der Waals surface area contributed by atoms with Gasteiger partial charge in [-0.1, -0.05) is 17.7 Å². The summed E-state index contributed by atoms with van der Waals surface area (Å²) in [5.74, 6) is 0. The van der Waals surface area contributed by atoms with Crippen LogP contribution in [0.4, 0.5) is 0 Å². The minimum Gasteiger partial charge on any atom is -0.192 e. The summed E-state index contributed by atoms with van der Waals surface area (Å²) in [7, 11) is 0. The monoisotopic (exact) mass is 165 g/mol. The lowest BCUT2D eigenvalue weighted by Crippen LogP contribution is -1.87. The standard InChI is InChI=1S/C9H8ClN/c1-6-3-4-9(10)8(5-11)7(6)2/h3-4H,1-2H3. The van der Waals surface area contributed by atoms with Crippen LogP contribution in [0.5, 0.6) is 0 Å². The highest BCUT2D eigenvalue weighted by atomic mass is 35.5. The third kappa shape index (κ3) is 1.36. The molecule has 0 fully saturated rings. The van der Waals surface area contributed by atoms with E-state index >= 15 is 0 Å². The summed E-state index contributed by atoms with van der Waals surface area (Å²) in [6.45, 7) is 3.87. The number of benzene rings is 1. The number of hydrogen-bond donors (Lipinski definition) is 0. The molecule has 0 saturated carbocycles. The van der Waals surface area contributed by atoms with Gasteiger partial charge in [-0.15, -0.1) is 0 Å². The SMILES string of the molecule is Cc1ccc(Cl)c(C#N)c1C. The van der Waals surface area contributed by atoms with Gasteiger partial charge in [0.15, 0.2) is 0 Å². The van der Waals surface area contributed by atoms with Gasteiger partial charge in [0.25, 0.3) is 0 Å². The molecule has 0 radical (unpaired) electrons. The quantitative estimate of drug-likeness (QED) is 0.580. The molecule has 0 aromatic heterocycles. The summed E-state index contributed by atoms with van der Waals surface area (Å²) in [6, 6.07) is 5.74. The third-order valence-corrected chi connectivity index (χ3v) is 2.11. The Kier molecular flexibility index (Phi) is 2.16. The fourth-order valence-electron chi connectivity index (χ4n) is 0.920. The Morgan fingerprint density at radius 2 is 2.00 bits per heavy atom. The number of nitrogens with zero attached hydrogens (tertiary/aromatic N) is 1. The molecule has 0 atom stereocenters. The highest BCUT2D eigenvalue weighted by molar-refractivity contribution is 6.31. The fraction of sp³-hybridized carbons (Fsp3) is 0.222. The zero-order chi connectivity index (χ0) is 8.43. The molecule has 0 amide bonds. The van der Waals surface area contributed by atoms with Gasteiger partial charge in [0.1, 0.15) is 6.07 Å². The normalized spacial score (nSPS) is 9.27. The Morgan fingerprint density at radius 3 is 2.45 bits per heavy atom. The van der Waals surface area contributed by atoms with Gasteiger partial charge in [0, 0.05) is 0 Å². The number of hydrogen-bond acceptors (Lipinski definition) is 1. The molecule has 0 unspecified atom stereocenters. The predicted octanol–water partition coefficient (Wildman–Crippen LogP) is 2.83. The first-order valence-electron chi connectivity index (χ1n) is 3.32. The Hall–Kier alpha value is -1.00. The molecule has 0 aliphatic carbocycles. The van der Waals surface area contributed by atoms with Crippen molar-refractivity contribution in [2.45, 2.75) is 13.8 Å². The molecule has 2 heteroatoms. The average molecular weight is 166 g/mol. The summed E-state index contributed by atoms with van der Waals surface area (Å²) in [4.78, 5) is 0. The average Bonchev–Trinajstić information content (AvgIpc) is 1.99. The van der Waals surface area contributed by atoms with Gasteiger partial charge in [-0.25, -0.2) is 0 Å². The van der Waals surface area contributed by atoms with Crippen LogP contribution in [-0.4, -0.2) is 0 Å². The van der Waals surface area contributed by atoms with E-state index in [1.165, 1.54) is 0 Å². The van der Waals surface area contributed by atoms with E-state index in [4.69, 9.17) is 16.9 Å². The molecule has 0 aliphatic rings. The van der Waals surface area contributed by atoms with Crippen molar-refractivity contribution in [1.82, 2.24) is 0 Å². The van der Waals surface area contributed by atoms with Crippen LogP contribution in [0.3, 0.4) is 0 Å². The molecule has 1 rings (SSSR count). The molecule has 0 N–H and O–H groups in total. The van der Waals surface area contributed by atoms with E-state index in [0.717, 1.165) is 11.1 Å². The van der Waals surface area contributed by atoms with Crippen LogP contribution in [0.15, 0.2) is 12.1 Å². The summed E-state index contributed by atoms with van der Waals surface area (Å²) >= 11 is 5.78. The van der Waals surface area contributed by atoms with Crippen molar-refractivity contribution in [3.8, 4) is 6.07 Å². The maximum Gasteiger partial charge on any atom is 0.101 e. The lowest BCUT2D eigenvalue weighted by molar-refractivity contribution is 1.31. The number of rotatable bonds is 0. The number of nitriles is 1. The Labute approximate surface area is 71.2 Å². The molecule has 56 valence electrons. The molecule has 0 spiro atoms. The minimum atomic E-state index is 0.538. The van der Waals surface area contributed by atoms with Crippen molar-refractivity contribution in [1.29, 1.82) is 5.26 Å². The molecule has 0 saturated heterocycles. The van der Waals surface area contributed by atoms with Gasteiger partial charge in [-0.2, -0.15) is 5.26 Å². The third-order valence-electron chi connectivity index (χ3n) is 1.80. The molecule has 11 heavy (non-hydrogen) atoms. The lowest BCUT2D eigenvalue weighted by Gasteiger charge is -2.02. The van der Waals surface area contributed by atoms with E-state index in [1.807, 2.05) is 19.9 Å². The first-order chi connectivity index (χ1) is 5.16. The molecule has 1 aromatic rings. The van der Waals surface area contributed by atoms with Crippen molar-refractivity contribution in [3.05, 3.63) is 33.8 Å². The number of aryl methyl sites for hydroxylation is 1. The van der Waals surface area contributed by atoms with E-state index in [9.17, 15) is 0 Å². The van der Waals surface area contributed by atoms with E-state index in [0.29, 0.717) is 10.6 Å². The van der Waals surface area contributed by atoms with E-state index in [2.05, 4.69) is 6.07 Å². The van der Waals surface area contributed by atoms with Gasteiger partial charge in [-0.3, -0.25) is 0 Å². The summed E-state index contributed by atoms with van der Waals surface area (Å²) in [5.41, 5.74) is 2.66. The highest BCUT2D eigenvalue weighted by Gasteiger charge is 2.03. The van der Waals surface area contributed by atoms with Gasteiger partial charge in [-0.05, 0) is 31.0 Å². The maximum absolute atomic E-state index is 8.69. The summed E-state index contributed by atoms with van der Waals surface area (Å²) < 4.78 is 0. The van der Waals surface area contributed by atoms with E-state index in [1.54, 1.807) is 6.07 Å². The molecular formula is C9H8ClN. The Morgan fingerprint density at radius 1 is 1.36 bits per heavy atom. The number of halogens is 1. The van der Waals surface area contributed by atoms with Crippen LogP contribution in [0.25, 0.3) is 0 Å². The first-order valence-corrected chi connectivity index (χ1v) is 3.70. The van der Waals surface area contributed by atoms with Gasteiger partial charge < -0.3 is 0 Å². The van der Waals surface area contributed by atoms with E-state index < -0.39 is 0 Å². The van der Waals surface area contributed by atoms with Crippen LogP contribution in [-0.2, 0) is 0 Å². The van der Waals surface area contributed by atoms with Crippen molar-refractivity contribution in [2.24, 2.45) is 0 Å². The highest BCUT2D eigenvalue weighted by Crippen LogP contribution is 2.20. The van der Waals surface area contributed by atoms with Crippen molar-refractivity contribution in [2.75, 3.05) is 0 Å². The topological polar surface area (TPSA) is 23.8 Å². The Bertz CT molecular complexity index is 323. The van der Waals surface area contributed by atoms with E-state index in [-0.39, 0.29) is 0 Å². The zero-order valence-electron chi connectivity index (χ0n) is 6.48. The first kappa shape index (κ1) is 8.10. The van der Waals surface area contributed by atoms with Gasteiger partial charge in [0.2, 0.25) is 0 Å². The van der Waals surface area contributed by atoms with Crippen molar-refractivity contribution >= 4 is 11.6 Å². The van der Waals surface area contributed by atoms with Crippen LogP contribution < -0.4 is 0 Å². The van der Waals surface area contributed by atoms with Gasteiger partial charge in [0.05, 0.1) is 10.6 Å². The zero-order valence-corrected chi connectivity index (χ0v) is 7.24. The molecule has 0 heterocycles. The van der Waals surface area contributed by atoms with Crippen LogP contribution in [0, 0.1) is 25.2 Å². The summed E-state index contributed by atoms with van der Waals surface area (Å²) in [6.07, 6.45) is 0. The van der Waals surface area contributed by atoms with Crippen LogP contribution in [0.1, 0.15) is 16.7 Å². The predicted molar refractivity (Wildman–Crippen MR) is 45.6 cm³/mol. The largest absolute Gasteiger partial charge is 0.192 e. The van der Waals surface area contributed by atoms with Crippen molar-refractivity contribution in [3.63, 3.8) is 0 Å². The molecule has 1 nitrogen and oxygen atoms in total. The molecule has 1 aromatic carbocycles. The van der Waals surface area contributed by atoms with Crippen LogP contribution >= 0.6 is 11.6 Å². The second-order valence-corrected chi connectivity index (χ2v) is 2.88. The van der Waals surface area contributed by atoms with Crippen LogP contribution in [0.2, 0.25) is 5.02 Å². The second kappa shape index (κ2) is 2.94.